The molecule has 1 saturated heterocycles. The molecular weight excluding hydrogens is 562 g/mol. The lowest BCUT2D eigenvalue weighted by Gasteiger charge is -2.34. The van der Waals surface area contributed by atoms with Gasteiger partial charge in [-0.15, -0.1) is 11.3 Å². The first-order valence-corrected chi connectivity index (χ1v) is 16.3. The van der Waals surface area contributed by atoms with Gasteiger partial charge in [0.25, 0.3) is 10.0 Å². The fourth-order valence-corrected chi connectivity index (χ4v) is 7.53. The van der Waals surface area contributed by atoms with Gasteiger partial charge < -0.3 is 14.9 Å². The van der Waals surface area contributed by atoms with E-state index < -0.39 is 22.0 Å². The van der Waals surface area contributed by atoms with Crippen molar-refractivity contribution in [1.82, 2.24) is 20.1 Å². The van der Waals surface area contributed by atoms with Crippen LogP contribution in [0.4, 0.5) is 5.69 Å². The number of carbonyl (C=O) groups excluding carboxylic acids is 1. The summed E-state index contributed by atoms with van der Waals surface area (Å²) in [5.74, 6) is 6.00. The first kappa shape index (κ1) is 30.9. The maximum Gasteiger partial charge on any atom is 0.348 e. The molecule has 10 nitrogen and oxygen atoms in total. The topological polar surface area (TPSA) is 122 Å². The van der Waals surface area contributed by atoms with Crippen molar-refractivity contribution in [3.8, 4) is 11.8 Å². The number of nitrogens with one attached hydrogen (secondary N) is 2. The third kappa shape index (κ3) is 7.08. The Morgan fingerprint density at radius 2 is 1.78 bits per heavy atom. The number of allylic oxidation sites excluding steroid dienone is 2. The number of hydrogen-bond donors (Lipinski definition) is 3. The lowest BCUT2D eigenvalue weighted by molar-refractivity contribution is -0.124. The molecule has 0 radical (unpaired) electrons. The Balaban J connectivity index is 1.68. The number of nitrogens with zero attached hydrogens (tertiary/aromatic N) is 3. The highest BCUT2D eigenvalue weighted by molar-refractivity contribution is 7.93. The summed E-state index contributed by atoms with van der Waals surface area (Å²) in [7, 11) is -0.198. The van der Waals surface area contributed by atoms with E-state index in [1.807, 2.05) is 39.8 Å². The van der Waals surface area contributed by atoms with E-state index in [0.717, 1.165) is 37.0 Å². The smallest absolute Gasteiger partial charge is 0.348 e. The molecular formula is C29H41N5O5S2. The molecule has 1 aliphatic carbocycles. The summed E-state index contributed by atoms with van der Waals surface area (Å²) in [6, 6.07) is 1.19. The molecule has 1 amide bonds. The zero-order chi connectivity index (χ0) is 30.1. The second kappa shape index (κ2) is 12.1. The highest BCUT2D eigenvalue weighted by Gasteiger charge is 2.42. The number of amides is 1. The van der Waals surface area contributed by atoms with Crippen LogP contribution in [0.3, 0.4) is 0 Å². The van der Waals surface area contributed by atoms with Gasteiger partial charge in [0.05, 0.1) is 16.6 Å². The van der Waals surface area contributed by atoms with Crippen LogP contribution in [0.1, 0.15) is 74.3 Å². The van der Waals surface area contributed by atoms with Crippen molar-refractivity contribution in [3.05, 3.63) is 38.8 Å². The molecule has 3 aliphatic rings. The average Bonchev–Trinajstić information content (AvgIpc) is 3.56. The van der Waals surface area contributed by atoms with Gasteiger partial charge in [-0.2, -0.15) is 4.31 Å². The van der Waals surface area contributed by atoms with Crippen LogP contribution in [0, 0.1) is 29.1 Å². The number of hydrogen-bond acceptors (Lipinski definition) is 8. The predicted octanol–water partition coefficient (Wildman–Crippen LogP) is 3.76. The Labute approximate surface area is 247 Å². The number of sulfonamides is 1. The van der Waals surface area contributed by atoms with Crippen LogP contribution < -0.4 is 15.8 Å². The van der Waals surface area contributed by atoms with Crippen molar-refractivity contribution in [2.45, 2.75) is 65.8 Å². The lowest BCUT2D eigenvalue weighted by atomic mass is 9.82. The number of rotatable bonds is 7. The molecule has 2 aliphatic heterocycles. The van der Waals surface area contributed by atoms with Crippen LogP contribution in [0.25, 0.3) is 0 Å². The lowest BCUT2D eigenvalue weighted by Crippen LogP contribution is -2.48. The number of carbonyl (C=O) groups is 2. The molecule has 4 rings (SSSR count). The standard InChI is InChI=1S/C29H41N5O5S2/c1-19-7-9-20(10-8-19)27(35)34(23-17-22(13-15-29(2,3)4)40-26(23)28(36)37)21-14-16-33(18-21)41(38,39)25-12-11-24(30-31-25)32(5)6/h11-12,17,19-21,30-31H,7-10,14,16,18H2,1-6H3,(H,36,37)/t19?,20?,21-/m0/s1. The molecule has 2 fully saturated rings. The quantitative estimate of drug-likeness (QED) is 0.403. The molecule has 0 spiro atoms. The number of carboxylic acid groups (broad SMARTS) is 1. The molecule has 41 heavy (non-hydrogen) atoms. The van der Waals surface area contributed by atoms with Crippen LogP contribution in [0.5, 0.6) is 0 Å². The predicted molar refractivity (Wildman–Crippen MR) is 161 cm³/mol. The fraction of sp³-hybridized carbons (Fsp3) is 0.586. The van der Waals surface area contributed by atoms with Crippen LogP contribution in [0.15, 0.2) is 29.1 Å². The monoisotopic (exact) mass is 603 g/mol. The molecule has 0 bridgehead atoms. The zero-order valence-corrected chi connectivity index (χ0v) is 26.3. The van der Waals surface area contributed by atoms with Gasteiger partial charge in [0.15, 0.2) is 5.03 Å². The first-order chi connectivity index (χ1) is 19.2. The van der Waals surface area contributed by atoms with E-state index in [2.05, 4.69) is 29.6 Å². The second-order valence-electron chi connectivity index (χ2n) is 12.3. The molecule has 3 heterocycles. The van der Waals surface area contributed by atoms with Crippen LogP contribution in [0.2, 0.25) is 0 Å². The van der Waals surface area contributed by atoms with Gasteiger partial charge in [0.1, 0.15) is 10.7 Å². The van der Waals surface area contributed by atoms with Crippen molar-refractivity contribution in [2.75, 3.05) is 32.1 Å². The van der Waals surface area contributed by atoms with Gasteiger partial charge in [-0.3, -0.25) is 15.6 Å². The molecule has 224 valence electrons. The van der Waals surface area contributed by atoms with Crippen molar-refractivity contribution in [3.63, 3.8) is 0 Å². The highest BCUT2D eigenvalue weighted by atomic mass is 32.2. The van der Waals surface area contributed by atoms with E-state index in [4.69, 9.17) is 0 Å². The van der Waals surface area contributed by atoms with E-state index >= 15 is 0 Å². The molecule has 12 heteroatoms. The van der Waals surface area contributed by atoms with Gasteiger partial charge in [0, 0.05) is 38.5 Å². The van der Waals surface area contributed by atoms with E-state index in [-0.39, 0.29) is 40.2 Å². The highest BCUT2D eigenvalue weighted by Crippen LogP contribution is 2.38. The van der Waals surface area contributed by atoms with Crippen molar-refractivity contribution < 1.29 is 23.1 Å². The Morgan fingerprint density at radius 3 is 2.34 bits per heavy atom. The van der Waals surface area contributed by atoms with Crippen molar-refractivity contribution in [1.29, 1.82) is 0 Å². The summed E-state index contributed by atoms with van der Waals surface area (Å²) in [4.78, 5) is 30.5. The Morgan fingerprint density at radius 1 is 1.10 bits per heavy atom. The maximum atomic E-state index is 14.1. The van der Waals surface area contributed by atoms with E-state index in [1.54, 1.807) is 17.0 Å². The van der Waals surface area contributed by atoms with Crippen LogP contribution in [-0.4, -0.2) is 67.8 Å². The summed E-state index contributed by atoms with van der Waals surface area (Å²) in [5, 5.41) is 10.1. The number of thiophene rings is 1. The van der Waals surface area contributed by atoms with Crippen LogP contribution in [-0.2, 0) is 14.8 Å². The number of anilines is 1. The summed E-state index contributed by atoms with van der Waals surface area (Å²) in [6.07, 6.45) is 6.93. The van der Waals surface area contributed by atoms with Crippen molar-refractivity contribution in [2.24, 2.45) is 17.3 Å². The summed E-state index contributed by atoms with van der Waals surface area (Å²) < 4.78 is 28.4. The van der Waals surface area contributed by atoms with E-state index in [9.17, 15) is 23.1 Å². The number of carboxylic acids is 1. The second-order valence-corrected chi connectivity index (χ2v) is 15.3. The minimum absolute atomic E-state index is 0.0180. The summed E-state index contributed by atoms with van der Waals surface area (Å²) >= 11 is 1.05. The number of hydrazine groups is 1. The van der Waals surface area contributed by atoms with Gasteiger partial charge in [-0.25, -0.2) is 13.2 Å². The fourth-order valence-electron chi connectivity index (χ4n) is 5.28. The van der Waals surface area contributed by atoms with Gasteiger partial charge >= 0.3 is 5.97 Å². The Kier molecular flexibility index (Phi) is 9.11. The minimum atomic E-state index is -3.88. The van der Waals surface area contributed by atoms with E-state index in [0.29, 0.717) is 28.7 Å². The van der Waals surface area contributed by atoms with Gasteiger partial charge in [-0.1, -0.05) is 18.8 Å². The maximum absolute atomic E-state index is 14.1. The van der Waals surface area contributed by atoms with Gasteiger partial charge in [0.2, 0.25) is 5.91 Å². The molecule has 0 aromatic carbocycles. The molecule has 0 unspecified atom stereocenters. The third-order valence-electron chi connectivity index (χ3n) is 7.63. The van der Waals surface area contributed by atoms with Crippen LogP contribution >= 0.6 is 11.3 Å². The zero-order valence-electron chi connectivity index (χ0n) is 24.7. The van der Waals surface area contributed by atoms with Crippen molar-refractivity contribution >= 4 is 38.9 Å². The SMILES string of the molecule is CC1CCC(C(=O)N(c2cc(C#CC(C)(C)C)sc2C(=O)O)[C@H]2CCN(S(=O)(=O)C3=CC=C(N(C)C)NN3)C2)CC1. The van der Waals surface area contributed by atoms with Gasteiger partial charge in [-0.05, 0) is 77.0 Å². The summed E-state index contributed by atoms with van der Waals surface area (Å²) in [6.45, 7) is 8.39. The number of aromatic carboxylic acids is 1. The molecule has 1 aromatic heterocycles. The summed E-state index contributed by atoms with van der Waals surface area (Å²) in [5.41, 5.74) is 5.70. The normalized spacial score (nSPS) is 23.3. The molecule has 3 N–H and O–H groups in total. The Hall–Kier alpha value is -3.01. The minimum Gasteiger partial charge on any atom is -0.477 e. The first-order valence-electron chi connectivity index (χ1n) is 14.0. The third-order valence-corrected chi connectivity index (χ3v) is 10.5. The average molecular weight is 604 g/mol. The molecule has 1 atom stereocenters. The largest absolute Gasteiger partial charge is 0.477 e. The molecule has 1 aromatic rings. The Bertz CT molecular complexity index is 1400. The van der Waals surface area contributed by atoms with E-state index in [1.165, 1.54) is 10.4 Å². The molecule has 1 saturated carbocycles.